The molecule has 1 aliphatic rings. The molecule has 2 aromatic rings. The van der Waals surface area contributed by atoms with Gasteiger partial charge in [0, 0.05) is 24.9 Å². The fraction of sp³-hybridized carbons (Fsp3) is 0.273. The number of hydrogen-bond acceptors (Lipinski definition) is 4. The van der Waals surface area contributed by atoms with Crippen molar-refractivity contribution < 1.29 is 24.3 Å². The Morgan fingerprint density at radius 2 is 1.73 bits per heavy atom. The third-order valence-corrected chi connectivity index (χ3v) is 5.09. The molecular formula is C22H23N3O5. The standard InChI is InChI=1S/C22H23N3O5/c23-19(26)11-10-17(22(29)30)24-20(27)18(12-14-6-2-1-3-7-14)25-13-15-8-4-5-9-16(15)21(25)28/h1-9,17-18H,10-13H2,(H2,23,26)(H,24,27)(H,29,30)/t17-,18-/m0/s1. The van der Waals surface area contributed by atoms with E-state index in [1.54, 1.807) is 12.1 Å². The average molecular weight is 409 g/mol. The Hall–Kier alpha value is -3.68. The molecule has 1 heterocycles. The monoisotopic (exact) mass is 409 g/mol. The molecule has 30 heavy (non-hydrogen) atoms. The maximum atomic E-state index is 13.1. The summed E-state index contributed by atoms with van der Waals surface area (Å²) >= 11 is 0. The molecule has 0 saturated heterocycles. The van der Waals surface area contributed by atoms with Crippen LogP contribution >= 0.6 is 0 Å². The molecule has 1 aliphatic heterocycles. The van der Waals surface area contributed by atoms with Gasteiger partial charge in [-0.3, -0.25) is 14.4 Å². The first-order chi connectivity index (χ1) is 14.4. The fourth-order valence-corrected chi connectivity index (χ4v) is 3.52. The van der Waals surface area contributed by atoms with Gasteiger partial charge in [-0.1, -0.05) is 48.5 Å². The van der Waals surface area contributed by atoms with E-state index < -0.39 is 29.9 Å². The maximum absolute atomic E-state index is 13.1. The summed E-state index contributed by atoms with van der Waals surface area (Å²) in [7, 11) is 0. The van der Waals surface area contributed by atoms with E-state index in [1.165, 1.54) is 4.90 Å². The molecule has 3 amide bonds. The normalized spacial score (nSPS) is 14.7. The number of carboxylic acids is 1. The predicted molar refractivity (Wildman–Crippen MR) is 108 cm³/mol. The van der Waals surface area contributed by atoms with Gasteiger partial charge in [-0.2, -0.15) is 0 Å². The first kappa shape index (κ1) is 21.0. The lowest BCUT2D eigenvalue weighted by Crippen LogP contribution is -2.52. The molecule has 8 nitrogen and oxygen atoms in total. The molecule has 2 atom stereocenters. The van der Waals surface area contributed by atoms with Crippen LogP contribution in [0.5, 0.6) is 0 Å². The van der Waals surface area contributed by atoms with E-state index in [9.17, 15) is 24.3 Å². The first-order valence-corrected chi connectivity index (χ1v) is 9.61. The molecule has 0 aromatic heterocycles. The summed E-state index contributed by atoms with van der Waals surface area (Å²) in [6, 6.07) is 14.1. The number of carboxylic acid groups (broad SMARTS) is 1. The van der Waals surface area contributed by atoms with Crippen molar-refractivity contribution in [3.8, 4) is 0 Å². The molecule has 0 unspecified atom stereocenters. The maximum Gasteiger partial charge on any atom is 0.326 e. The van der Waals surface area contributed by atoms with Crippen molar-refractivity contribution in [2.75, 3.05) is 0 Å². The van der Waals surface area contributed by atoms with Crippen molar-refractivity contribution in [1.29, 1.82) is 0 Å². The lowest BCUT2D eigenvalue weighted by atomic mass is 10.0. The molecule has 3 rings (SSSR count). The van der Waals surface area contributed by atoms with Gasteiger partial charge < -0.3 is 21.1 Å². The summed E-state index contributed by atoms with van der Waals surface area (Å²) < 4.78 is 0. The lowest BCUT2D eigenvalue weighted by molar-refractivity contribution is -0.142. The van der Waals surface area contributed by atoms with E-state index >= 15 is 0 Å². The molecule has 0 fully saturated rings. The third kappa shape index (κ3) is 4.83. The van der Waals surface area contributed by atoms with Crippen LogP contribution in [-0.2, 0) is 27.3 Å². The molecule has 0 saturated carbocycles. The van der Waals surface area contributed by atoms with Crippen LogP contribution in [0.2, 0.25) is 0 Å². The summed E-state index contributed by atoms with van der Waals surface area (Å²) in [4.78, 5) is 50.1. The number of carbonyl (C=O) groups excluding carboxylic acids is 3. The summed E-state index contributed by atoms with van der Waals surface area (Å²) in [5.74, 6) is -2.77. The number of nitrogens with one attached hydrogen (secondary N) is 1. The zero-order chi connectivity index (χ0) is 21.7. The van der Waals surface area contributed by atoms with E-state index in [0.29, 0.717) is 5.56 Å². The van der Waals surface area contributed by atoms with E-state index in [4.69, 9.17) is 5.73 Å². The second-order valence-corrected chi connectivity index (χ2v) is 7.20. The number of nitrogens with two attached hydrogens (primary N) is 1. The molecule has 2 aromatic carbocycles. The highest BCUT2D eigenvalue weighted by Gasteiger charge is 2.37. The smallest absolute Gasteiger partial charge is 0.326 e. The molecule has 0 bridgehead atoms. The average Bonchev–Trinajstić information content (AvgIpc) is 3.06. The minimum Gasteiger partial charge on any atom is -0.480 e. The van der Waals surface area contributed by atoms with Gasteiger partial charge in [0.15, 0.2) is 0 Å². The number of fused-ring (bicyclic) bond motifs is 1. The topological polar surface area (TPSA) is 130 Å². The number of benzene rings is 2. The van der Waals surface area contributed by atoms with Crippen molar-refractivity contribution in [3.05, 3.63) is 71.3 Å². The molecule has 156 valence electrons. The second kappa shape index (κ2) is 9.21. The van der Waals surface area contributed by atoms with Gasteiger partial charge in [0.1, 0.15) is 12.1 Å². The minimum absolute atomic E-state index is 0.122. The highest BCUT2D eigenvalue weighted by atomic mass is 16.4. The van der Waals surface area contributed by atoms with Gasteiger partial charge in [0.25, 0.3) is 5.91 Å². The van der Waals surface area contributed by atoms with Crippen LogP contribution in [0.3, 0.4) is 0 Å². The highest BCUT2D eigenvalue weighted by molar-refractivity contribution is 6.01. The number of nitrogens with zero attached hydrogens (tertiary/aromatic N) is 1. The van der Waals surface area contributed by atoms with E-state index in [-0.39, 0.29) is 31.7 Å². The van der Waals surface area contributed by atoms with Crippen molar-refractivity contribution in [1.82, 2.24) is 10.2 Å². The number of rotatable bonds is 9. The van der Waals surface area contributed by atoms with E-state index in [0.717, 1.165) is 11.1 Å². The van der Waals surface area contributed by atoms with Gasteiger partial charge >= 0.3 is 5.97 Å². The van der Waals surface area contributed by atoms with Crippen molar-refractivity contribution >= 4 is 23.7 Å². The van der Waals surface area contributed by atoms with Crippen LogP contribution in [0.1, 0.15) is 34.3 Å². The summed E-state index contributed by atoms with van der Waals surface area (Å²) in [6.45, 7) is 0.263. The summed E-state index contributed by atoms with van der Waals surface area (Å²) in [6.07, 6.45) is -0.0636. The van der Waals surface area contributed by atoms with Gasteiger partial charge in [0.2, 0.25) is 11.8 Å². The Labute approximate surface area is 173 Å². The third-order valence-electron chi connectivity index (χ3n) is 5.09. The molecule has 0 aliphatic carbocycles. The van der Waals surface area contributed by atoms with Gasteiger partial charge in [-0.25, -0.2) is 4.79 Å². The number of hydrogen-bond donors (Lipinski definition) is 3. The van der Waals surface area contributed by atoms with Crippen LogP contribution in [0.15, 0.2) is 54.6 Å². The van der Waals surface area contributed by atoms with Crippen LogP contribution < -0.4 is 11.1 Å². The molecular weight excluding hydrogens is 386 g/mol. The molecule has 8 heteroatoms. The van der Waals surface area contributed by atoms with Crippen molar-refractivity contribution in [2.45, 2.75) is 37.9 Å². The predicted octanol–water partition coefficient (Wildman–Crippen LogP) is 1.09. The largest absolute Gasteiger partial charge is 0.480 e. The summed E-state index contributed by atoms with van der Waals surface area (Å²) in [5, 5.41) is 11.9. The van der Waals surface area contributed by atoms with E-state index in [2.05, 4.69) is 5.32 Å². The second-order valence-electron chi connectivity index (χ2n) is 7.20. The zero-order valence-corrected chi connectivity index (χ0v) is 16.3. The van der Waals surface area contributed by atoms with Crippen molar-refractivity contribution in [2.24, 2.45) is 5.73 Å². The summed E-state index contributed by atoms with van der Waals surface area (Å²) in [5.41, 5.74) is 7.29. The molecule has 0 radical (unpaired) electrons. The number of aliphatic carboxylic acids is 1. The number of carbonyl (C=O) groups is 4. The Morgan fingerprint density at radius 1 is 1.07 bits per heavy atom. The van der Waals surface area contributed by atoms with E-state index in [1.807, 2.05) is 42.5 Å². The number of amides is 3. The Balaban J connectivity index is 1.84. The van der Waals surface area contributed by atoms with Gasteiger partial charge in [0.05, 0.1) is 0 Å². The number of primary amides is 1. The molecule has 4 N–H and O–H groups in total. The van der Waals surface area contributed by atoms with Crippen LogP contribution in [0, 0.1) is 0 Å². The Bertz CT molecular complexity index is 960. The highest BCUT2D eigenvalue weighted by Crippen LogP contribution is 2.26. The van der Waals surface area contributed by atoms with Crippen LogP contribution in [0.4, 0.5) is 0 Å². The Kier molecular flexibility index (Phi) is 6.46. The van der Waals surface area contributed by atoms with Gasteiger partial charge in [-0.15, -0.1) is 0 Å². The van der Waals surface area contributed by atoms with Crippen LogP contribution in [-0.4, -0.2) is 45.8 Å². The minimum atomic E-state index is -1.27. The van der Waals surface area contributed by atoms with Gasteiger partial charge in [-0.05, 0) is 23.6 Å². The quantitative estimate of drug-likeness (QED) is 0.571. The Morgan fingerprint density at radius 3 is 2.37 bits per heavy atom. The SMILES string of the molecule is NC(=O)CC[C@H](NC(=O)[C@H](Cc1ccccc1)N1Cc2ccccc2C1=O)C(=O)O. The zero-order valence-electron chi connectivity index (χ0n) is 16.3. The fourth-order valence-electron chi connectivity index (χ4n) is 3.52. The van der Waals surface area contributed by atoms with Crippen LogP contribution in [0.25, 0.3) is 0 Å². The van der Waals surface area contributed by atoms with Crippen molar-refractivity contribution in [3.63, 3.8) is 0 Å². The first-order valence-electron chi connectivity index (χ1n) is 9.61. The molecule has 0 spiro atoms. The lowest BCUT2D eigenvalue weighted by Gasteiger charge is -2.28.